The number of esters is 1. The molecule has 0 amide bonds. The van der Waals surface area contributed by atoms with Crippen molar-refractivity contribution < 1.29 is 29.0 Å². The minimum Gasteiger partial charge on any atom is -0.497 e. The molecule has 0 saturated carbocycles. The zero-order chi connectivity index (χ0) is 13.0. The van der Waals surface area contributed by atoms with Crippen molar-refractivity contribution in [2.75, 3.05) is 7.11 Å². The smallest absolute Gasteiger partial charge is 0.335 e. The Labute approximate surface area is 98.2 Å². The average Bonchev–Trinajstić information content (AvgIpc) is 2.28. The minimum absolute atomic E-state index is 0.0781. The van der Waals surface area contributed by atoms with Crippen molar-refractivity contribution in [1.29, 1.82) is 0 Å². The van der Waals surface area contributed by atoms with Gasteiger partial charge in [0.25, 0.3) is 0 Å². The van der Waals surface area contributed by atoms with E-state index in [2.05, 4.69) is 4.74 Å². The van der Waals surface area contributed by atoms with Crippen LogP contribution < -0.4 is 0 Å². The number of carboxylic acids is 1. The lowest BCUT2D eigenvalue weighted by Crippen LogP contribution is -2.37. The van der Waals surface area contributed by atoms with E-state index >= 15 is 0 Å². The van der Waals surface area contributed by atoms with Gasteiger partial charge in [-0.1, -0.05) is 0 Å². The maximum absolute atomic E-state index is 11.2. The molecule has 0 unspecified atom stereocenters. The molecule has 0 spiro atoms. The molecule has 1 N–H and O–H groups in total. The highest BCUT2D eigenvalue weighted by atomic mass is 16.5. The highest BCUT2D eigenvalue weighted by Gasteiger charge is 2.38. The van der Waals surface area contributed by atoms with Crippen LogP contribution in [0, 0.1) is 11.8 Å². The number of aldehydes is 1. The van der Waals surface area contributed by atoms with Crippen molar-refractivity contribution >= 4 is 18.2 Å². The van der Waals surface area contributed by atoms with Crippen LogP contribution in [0.4, 0.5) is 0 Å². The van der Waals surface area contributed by atoms with E-state index in [0.29, 0.717) is 6.29 Å². The molecule has 1 rings (SSSR count). The Morgan fingerprint density at radius 2 is 2.24 bits per heavy atom. The van der Waals surface area contributed by atoms with Gasteiger partial charge in [-0.15, -0.1) is 0 Å². The van der Waals surface area contributed by atoms with Gasteiger partial charge in [0.05, 0.1) is 31.3 Å². The van der Waals surface area contributed by atoms with Crippen molar-refractivity contribution in [3.63, 3.8) is 0 Å². The molecule has 0 aromatic rings. The third kappa shape index (κ3) is 2.83. The van der Waals surface area contributed by atoms with E-state index in [1.807, 2.05) is 0 Å². The monoisotopic (exact) mass is 242 g/mol. The summed E-state index contributed by atoms with van der Waals surface area (Å²) in [5.74, 6) is -3.12. The minimum atomic E-state index is -1.20. The lowest BCUT2D eigenvalue weighted by molar-refractivity contribution is -0.143. The predicted octanol–water partition coefficient (Wildman–Crippen LogP) is 0.368. The number of methoxy groups -OCH3 is 1. The Morgan fingerprint density at radius 1 is 1.59 bits per heavy atom. The third-order valence-corrected chi connectivity index (χ3v) is 2.83. The van der Waals surface area contributed by atoms with Crippen LogP contribution in [0.3, 0.4) is 0 Å². The fourth-order valence-electron chi connectivity index (χ4n) is 1.82. The Bertz CT molecular complexity index is 359. The van der Waals surface area contributed by atoms with Crippen molar-refractivity contribution in [2.45, 2.75) is 19.4 Å². The van der Waals surface area contributed by atoms with Crippen molar-refractivity contribution in [2.24, 2.45) is 11.8 Å². The number of aliphatic carboxylic acids is 1. The maximum Gasteiger partial charge on any atom is 0.335 e. The molecule has 3 atom stereocenters. The van der Waals surface area contributed by atoms with Crippen LogP contribution in [0.25, 0.3) is 0 Å². The van der Waals surface area contributed by atoms with E-state index in [0.717, 1.165) is 6.26 Å². The average molecular weight is 242 g/mol. The summed E-state index contributed by atoms with van der Waals surface area (Å²) in [6.07, 6.45) is 1.12. The van der Waals surface area contributed by atoms with Gasteiger partial charge in [0.15, 0.2) is 0 Å². The molecular weight excluding hydrogens is 228 g/mol. The van der Waals surface area contributed by atoms with E-state index < -0.39 is 29.9 Å². The van der Waals surface area contributed by atoms with Crippen molar-refractivity contribution in [1.82, 2.24) is 0 Å². The molecule has 6 heteroatoms. The molecule has 0 aliphatic carbocycles. The van der Waals surface area contributed by atoms with E-state index in [4.69, 9.17) is 9.84 Å². The highest BCUT2D eigenvalue weighted by Crippen LogP contribution is 2.32. The summed E-state index contributed by atoms with van der Waals surface area (Å²) in [7, 11) is 1.21. The summed E-state index contributed by atoms with van der Waals surface area (Å²) in [5.41, 5.74) is -0.0781. The van der Waals surface area contributed by atoms with Gasteiger partial charge in [0.2, 0.25) is 0 Å². The molecule has 6 nitrogen and oxygen atoms in total. The van der Waals surface area contributed by atoms with Crippen LogP contribution in [0.2, 0.25) is 0 Å². The largest absolute Gasteiger partial charge is 0.497 e. The molecule has 94 valence electrons. The molecule has 1 heterocycles. The molecular formula is C11H14O6. The number of carbonyl (C=O) groups is 3. The molecule has 1 aliphatic heterocycles. The fraction of sp³-hybridized carbons (Fsp3) is 0.545. The summed E-state index contributed by atoms with van der Waals surface area (Å²) in [6.45, 7) is 1.65. The van der Waals surface area contributed by atoms with Gasteiger partial charge in [0.1, 0.15) is 12.4 Å². The van der Waals surface area contributed by atoms with Gasteiger partial charge >= 0.3 is 11.9 Å². The molecule has 0 aromatic heterocycles. The van der Waals surface area contributed by atoms with Crippen LogP contribution in [0.15, 0.2) is 11.8 Å². The zero-order valence-corrected chi connectivity index (χ0v) is 9.58. The number of ether oxygens (including phenoxy) is 2. The number of carboxylic acid groups (broad SMARTS) is 1. The normalized spacial score (nSPS) is 27.6. The summed E-state index contributed by atoms with van der Waals surface area (Å²) < 4.78 is 9.57. The quantitative estimate of drug-likeness (QED) is 0.565. The summed E-state index contributed by atoms with van der Waals surface area (Å²) in [5, 5.41) is 8.98. The number of rotatable bonds is 4. The summed E-state index contributed by atoms with van der Waals surface area (Å²) >= 11 is 0. The lowest BCUT2D eigenvalue weighted by atomic mass is 9.80. The predicted molar refractivity (Wildman–Crippen MR) is 55.9 cm³/mol. The van der Waals surface area contributed by atoms with E-state index in [9.17, 15) is 14.4 Å². The first kappa shape index (κ1) is 13.2. The van der Waals surface area contributed by atoms with Gasteiger partial charge in [-0.25, -0.2) is 4.79 Å². The second kappa shape index (κ2) is 5.47. The van der Waals surface area contributed by atoms with Crippen molar-refractivity contribution in [3.8, 4) is 0 Å². The summed E-state index contributed by atoms with van der Waals surface area (Å²) in [6, 6.07) is 0. The van der Waals surface area contributed by atoms with E-state index in [1.54, 1.807) is 6.92 Å². The number of hydrogen-bond donors (Lipinski definition) is 1. The first-order valence-electron chi connectivity index (χ1n) is 5.12. The Hall–Kier alpha value is -1.85. The first-order chi connectivity index (χ1) is 8.01. The second-order valence-electron chi connectivity index (χ2n) is 3.82. The third-order valence-electron chi connectivity index (χ3n) is 2.83. The van der Waals surface area contributed by atoms with Crippen LogP contribution in [0.1, 0.15) is 13.3 Å². The molecule has 0 saturated heterocycles. The summed E-state index contributed by atoms with van der Waals surface area (Å²) in [4.78, 5) is 33.2. The lowest BCUT2D eigenvalue weighted by Gasteiger charge is -2.31. The first-order valence-corrected chi connectivity index (χ1v) is 5.12. The molecule has 0 radical (unpaired) electrons. The van der Waals surface area contributed by atoms with Crippen LogP contribution in [-0.2, 0) is 23.9 Å². The maximum atomic E-state index is 11.2. The van der Waals surface area contributed by atoms with Crippen molar-refractivity contribution in [3.05, 3.63) is 11.8 Å². The zero-order valence-electron chi connectivity index (χ0n) is 9.58. The van der Waals surface area contributed by atoms with Gasteiger partial charge in [-0.3, -0.25) is 4.79 Å². The Balaban J connectivity index is 2.99. The molecule has 0 aromatic carbocycles. The Morgan fingerprint density at radius 3 is 2.71 bits per heavy atom. The van der Waals surface area contributed by atoms with E-state index in [1.165, 1.54) is 7.11 Å². The van der Waals surface area contributed by atoms with Gasteiger partial charge in [-0.2, -0.15) is 0 Å². The van der Waals surface area contributed by atoms with Gasteiger partial charge in [-0.05, 0) is 6.92 Å². The molecule has 17 heavy (non-hydrogen) atoms. The molecule has 1 aliphatic rings. The topological polar surface area (TPSA) is 89.9 Å². The van der Waals surface area contributed by atoms with Gasteiger partial charge < -0.3 is 19.4 Å². The van der Waals surface area contributed by atoms with Crippen LogP contribution in [-0.4, -0.2) is 36.5 Å². The second-order valence-corrected chi connectivity index (χ2v) is 3.82. The molecule has 0 fully saturated rings. The number of hydrogen-bond acceptors (Lipinski definition) is 5. The van der Waals surface area contributed by atoms with E-state index in [-0.39, 0.29) is 12.0 Å². The SMILES string of the molecule is COC(=O)C[C@H]1C(C(=O)O)=CO[C@@H](C)[C@@H]1C=O. The molecule has 0 bridgehead atoms. The van der Waals surface area contributed by atoms with Crippen LogP contribution >= 0.6 is 0 Å². The Kier molecular flexibility index (Phi) is 4.25. The highest BCUT2D eigenvalue weighted by molar-refractivity contribution is 5.89. The van der Waals surface area contributed by atoms with Gasteiger partial charge in [0, 0.05) is 5.92 Å². The van der Waals surface area contributed by atoms with Crippen LogP contribution in [0.5, 0.6) is 0 Å². The number of carbonyl (C=O) groups excluding carboxylic acids is 2. The standard InChI is InChI=1S/C11H14O6/c1-6-8(4-12)7(3-10(13)16-2)9(5-17-6)11(14)15/h4-8H,3H2,1-2H3,(H,14,15)/t6-,7+,8-/m0/s1. The fourth-order valence-corrected chi connectivity index (χ4v) is 1.82.